The Labute approximate surface area is 338 Å². The maximum atomic E-state index is 12.3. The van der Waals surface area contributed by atoms with Crippen molar-refractivity contribution in [3.63, 3.8) is 0 Å². The predicted octanol–water partition coefficient (Wildman–Crippen LogP) is 13.7. The summed E-state index contributed by atoms with van der Waals surface area (Å²) in [7, 11) is 0. The molecule has 0 heterocycles. The second-order valence-electron chi connectivity index (χ2n) is 13.7. The lowest BCUT2D eigenvalue weighted by molar-refractivity contribution is -0.122. The summed E-state index contributed by atoms with van der Waals surface area (Å²) in [4.78, 5) is 12.3. The van der Waals surface area contributed by atoms with Crippen molar-refractivity contribution in [2.45, 2.75) is 161 Å². The first-order chi connectivity index (χ1) is 27.2. The number of unbranched alkanes of at least 4 members (excludes halogenated alkanes) is 7. The molecule has 0 radical (unpaired) electrons. The molecule has 0 spiro atoms. The first-order valence-electron chi connectivity index (χ1n) is 21.5. The van der Waals surface area contributed by atoms with Gasteiger partial charge in [-0.05, 0) is 109 Å². The van der Waals surface area contributed by atoms with E-state index < -0.39 is 12.1 Å². The molecule has 306 valence electrons. The van der Waals surface area contributed by atoms with Crippen LogP contribution < -0.4 is 5.32 Å². The summed E-state index contributed by atoms with van der Waals surface area (Å²) >= 11 is 0. The van der Waals surface area contributed by atoms with E-state index in [1.807, 2.05) is 6.08 Å². The molecule has 2 unspecified atom stereocenters. The first kappa shape index (κ1) is 51.3. The van der Waals surface area contributed by atoms with Gasteiger partial charge in [0.1, 0.15) is 0 Å². The van der Waals surface area contributed by atoms with E-state index in [2.05, 4.69) is 153 Å². The van der Waals surface area contributed by atoms with Crippen LogP contribution in [-0.2, 0) is 4.79 Å². The molecule has 2 atom stereocenters. The van der Waals surface area contributed by atoms with E-state index in [0.29, 0.717) is 6.42 Å². The topological polar surface area (TPSA) is 69.6 Å². The molecule has 0 aromatic rings. The summed E-state index contributed by atoms with van der Waals surface area (Å²) < 4.78 is 0. The van der Waals surface area contributed by atoms with Crippen LogP contribution in [-0.4, -0.2) is 34.9 Å². The van der Waals surface area contributed by atoms with Crippen LogP contribution in [0.5, 0.6) is 0 Å². The summed E-state index contributed by atoms with van der Waals surface area (Å²) in [5.41, 5.74) is 0. The number of allylic oxidation sites excluding steroid dienone is 23. The quantitative estimate of drug-likeness (QED) is 0.0441. The Morgan fingerprint density at radius 3 is 1.24 bits per heavy atom. The van der Waals surface area contributed by atoms with Gasteiger partial charge < -0.3 is 15.5 Å². The highest BCUT2D eigenvalue weighted by atomic mass is 16.3. The van der Waals surface area contributed by atoms with E-state index in [4.69, 9.17) is 0 Å². The zero-order valence-corrected chi connectivity index (χ0v) is 34.9. The fraction of sp³-hybridized carbons (Fsp3) is 0.510. The van der Waals surface area contributed by atoms with Crippen LogP contribution in [0.4, 0.5) is 0 Å². The normalized spacial score (nSPS) is 14.5. The number of amides is 1. The van der Waals surface area contributed by atoms with Crippen LogP contribution in [0.25, 0.3) is 0 Å². The predicted molar refractivity (Wildman–Crippen MR) is 243 cm³/mol. The maximum Gasteiger partial charge on any atom is 0.220 e. The lowest BCUT2D eigenvalue weighted by Gasteiger charge is -2.19. The van der Waals surface area contributed by atoms with E-state index in [1.54, 1.807) is 6.08 Å². The van der Waals surface area contributed by atoms with Crippen LogP contribution in [0.1, 0.15) is 149 Å². The van der Waals surface area contributed by atoms with Gasteiger partial charge in [0.05, 0.1) is 18.8 Å². The second-order valence-corrected chi connectivity index (χ2v) is 13.7. The minimum absolute atomic E-state index is 0.145. The third-order valence-electron chi connectivity index (χ3n) is 8.53. The van der Waals surface area contributed by atoms with Crippen molar-refractivity contribution in [3.8, 4) is 0 Å². The van der Waals surface area contributed by atoms with Crippen LogP contribution in [0.3, 0.4) is 0 Å². The van der Waals surface area contributed by atoms with Gasteiger partial charge in [0.15, 0.2) is 0 Å². The molecule has 4 nitrogen and oxygen atoms in total. The molecule has 4 heteroatoms. The average Bonchev–Trinajstić information content (AvgIpc) is 3.19. The van der Waals surface area contributed by atoms with E-state index in [0.717, 1.165) is 96.3 Å². The molecule has 0 rings (SSSR count). The molecule has 0 bridgehead atoms. The Balaban J connectivity index is 3.85. The third kappa shape index (κ3) is 41.3. The Kier molecular flexibility index (Phi) is 41.6. The van der Waals surface area contributed by atoms with Gasteiger partial charge in [0.25, 0.3) is 0 Å². The number of carbonyl (C=O) groups is 1. The Hall–Kier alpha value is -3.73. The lowest BCUT2D eigenvalue weighted by Crippen LogP contribution is -2.45. The standard InChI is InChI=1S/C51H79NO3/c1-3-5-7-9-11-13-15-17-19-20-21-22-23-24-25-26-27-28-29-30-31-32-33-35-37-39-41-43-45-47-51(55)52-49(48-53)50(54)46-44-42-40-38-36-34-18-16-14-12-10-8-6-4-2/h5,7,11,13-14,16-17,19,21-22,24-25,27-28,30-31,33,35-36,38-39,41,44,46,49-50,53-54H,3-4,6,8-10,12,15,18,20,23,26,29,32,34,37,40,42-43,45,47-48H2,1-2H3,(H,52,55)/b7-5-,13-11-,16-14+,19-17-,22-21-,25-24-,28-27-,31-30-,35-33-,38-36+,41-39-,46-44+. The van der Waals surface area contributed by atoms with E-state index in [-0.39, 0.29) is 12.5 Å². The fourth-order valence-electron chi connectivity index (χ4n) is 5.27. The van der Waals surface area contributed by atoms with Crippen LogP contribution in [0, 0.1) is 0 Å². The number of hydrogen-bond donors (Lipinski definition) is 3. The van der Waals surface area contributed by atoms with Crippen molar-refractivity contribution >= 4 is 5.91 Å². The third-order valence-corrected chi connectivity index (χ3v) is 8.53. The van der Waals surface area contributed by atoms with Crippen molar-refractivity contribution in [2.75, 3.05) is 6.61 Å². The monoisotopic (exact) mass is 754 g/mol. The molecule has 0 saturated heterocycles. The summed E-state index contributed by atoms with van der Waals surface area (Å²) in [6.07, 6.45) is 72.4. The summed E-state index contributed by atoms with van der Waals surface area (Å²) in [6, 6.07) is -0.687. The van der Waals surface area contributed by atoms with Gasteiger partial charge in [0.2, 0.25) is 5.91 Å². The van der Waals surface area contributed by atoms with E-state index in [1.165, 1.54) is 32.1 Å². The minimum atomic E-state index is -0.904. The number of hydrogen-bond acceptors (Lipinski definition) is 3. The smallest absolute Gasteiger partial charge is 0.220 e. The highest BCUT2D eigenvalue weighted by Gasteiger charge is 2.17. The highest BCUT2D eigenvalue weighted by Crippen LogP contribution is 2.06. The molecular weight excluding hydrogens is 675 g/mol. The molecule has 3 N–H and O–H groups in total. The van der Waals surface area contributed by atoms with Gasteiger partial charge in [-0.1, -0.05) is 179 Å². The van der Waals surface area contributed by atoms with Crippen molar-refractivity contribution in [3.05, 3.63) is 146 Å². The van der Waals surface area contributed by atoms with Crippen LogP contribution >= 0.6 is 0 Å². The van der Waals surface area contributed by atoms with Gasteiger partial charge in [-0.3, -0.25) is 4.79 Å². The molecule has 0 aliphatic rings. The van der Waals surface area contributed by atoms with Crippen molar-refractivity contribution in [2.24, 2.45) is 0 Å². The molecule has 0 saturated carbocycles. The molecule has 0 aromatic carbocycles. The first-order valence-corrected chi connectivity index (χ1v) is 21.5. The highest BCUT2D eigenvalue weighted by molar-refractivity contribution is 5.76. The van der Waals surface area contributed by atoms with Crippen molar-refractivity contribution < 1.29 is 15.0 Å². The zero-order chi connectivity index (χ0) is 40.0. The van der Waals surface area contributed by atoms with E-state index in [9.17, 15) is 15.0 Å². The number of nitrogens with one attached hydrogen (secondary N) is 1. The molecule has 0 aliphatic carbocycles. The van der Waals surface area contributed by atoms with Crippen LogP contribution in [0.15, 0.2) is 146 Å². The van der Waals surface area contributed by atoms with Gasteiger partial charge >= 0.3 is 0 Å². The number of aliphatic hydroxyl groups is 2. The maximum absolute atomic E-state index is 12.3. The number of aliphatic hydroxyl groups excluding tert-OH is 2. The molecular formula is C51H79NO3. The second kappa shape index (κ2) is 44.7. The van der Waals surface area contributed by atoms with Gasteiger partial charge in [-0.15, -0.1) is 0 Å². The van der Waals surface area contributed by atoms with Crippen molar-refractivity contribution in [1.29, 1.82) is 0 Å². The average molecular weight is 754 g/mol. The molecule has 0 fully saturated rings. The number of rotatable bonds is 36. The summed E-state index contributed by atoms with van der Waals surface area (Å²) in [5.74, 6) is -0.145. The van der Waals surface area contributed by atoms with Gasteiger partial charge in [-0.25, -0.2) is 0 Å². The fourth-order valence-corrected chi connectivity index (χ4v) is 5.27. The van der Waals surface area contributed by atoms with Gasteiger partial charge in [0, 0.05) is 6.42 Å². The SMILES string of the molecule is CC/C=C\C/C=C\C/C=C\C/C=C\C/C=C\C/C=C\C/C=C\C/C=C\C/C=C\CCCC(=O)NC(CO)C(O)/C=C/CC/C=C/CC/C=C/CCCCCC. The Morgan fingerprint density at radius 2 is 0.818 bits per heavy atom. The van der Waals surface area contributed by atoms with Crippen molar-refractivity contribution in [1.82, 2.24) is 5.32 Å². The molecule has 0 aliphatic heterocycles. The molecule has 1 amide bonds. The number of carbonyl (C=O) groups excluding carboxylic acids is 1. The summed E-state index contributed by atoms with van der Waals surface area (Å²) in [6.45, 7) is 4.10. The molecule has 55 heavy (non-hydrogen) atoms. The van der Waals surface area contributed by atoms with Gasteiger partial charge in [-0.2, -0.15) is 0 Å². The van der Waals surface area contributed by atoms with E-state index >= 15 is 0 Å². The lowest BCUT2D eigenvalue weighted by atomic mass is 10.1. The summed E-state index contributed by atoms with van der Waals surface area (Å²) in [5, 5.41) is 22.9. The minimum Gasteiger partial charge on any atom is -0.394 e. The Bertz CT molecular complexity index is 1220. The zero-order valence-electron chi connectivity index (χ0n) is 34.9. The van der Waals surface area contributed by atoms with Crippen LogP contribution in [0.2, 0.25) is 0 Å². The molecule has 0 aromatic heterocycles. The largest absolute Gasteiger partial charge is 0.394 e. The Morgan fingerprint density at radius 1 is 0.455 bits per heavy atom.